The van der Waals surface area contributed by atoms with Crippen LogP contribution in [0.3, 0.4) is 0 Å². The van der Waals surface area contributed by atoms with Gasteiger partial charge in [-0.15, -0.1) is 24.0 Å². The maximum absolute atomic E-state index is 9.60. The molecule has 6 nitrogen and oxygen atoms in total. The Hall–Kier alpha value is -0.800. The van der Waals surface area contributed by atoms with Crippen molar-refractivity contribution in [1.82, 2.24) is 10.2 Å². The van der Waals surface area contributed by atoms with Gasteiger partial charge in [-0.3, -0.25) is 4.99 Å². The van der Waals surface area contributed by atoms with E-state index in [0.717, 1.165) is 37.7 Å². The van der Waals surface area contributed by atoms with Gasteiger partial charge in [0.25, 0.3) is 0 Å². The third-order valence-electron chi connectivity index (χ3n) is 3.33. The van der Waals surface area contributed by atoms with E-state index in [0.29, 0.717) is 26.3 Å². The lowest BCUT2D eigenvalue weighted by molar-refractivity contribution is 0.105. The van der Waals surface area contributed by atoms with Gasteiger partial charge in [-0.2, -0.15) is 0 Å². The van der Waals surface area contributed by atoms with Crippen molar-refractivity contribution >= 4 is 29.9 Å². The lowest BCUT2D eigenvalue weighted by atomic mass is 10.3. The van der Waals surface area contributed by atoms with Crippen molar-refractivity contribution in [1.29, 1.82) is 0 Å². The normalized spacial score (nSPS) is 18.4. The Bertz CT molecular complexity index is 426. The SMILES string of the molecule is CCNC(=NCCCOCc1ccco1)N1CC[C@@H](O)C1.I. The van der Waals surface area contributed by atoms with E-state index >= 15 is 0 Å². The maximum atomic E-state index is 9.60. The zero-order valence-corrected chi connectivity index (χ0v) is 15.4. The van der Waals surface area contributed by atoms with E-state index in [-0.39, 0.29) is 30.1 Å². The average Bonchev–Trinajstić information content (AvgIpc) is 3.13. The Morgan fingerprint density at radius 1 is 1.59 bits per heavy atom. The Morgan fingerprint density at radius 3 is 3.09 bits per heavy atom. The fraction of sp³-hybridized carbons (Fsp3) is 0.667. The number of guanidine groups is 1. The van der Waals surface area contributed by atoms with Crippen molar-refractivity contribution in [3.8, 4) is 0 Å². The highest BCUT2D eigenvalue weighted by Gasteiger charge is 2.22. The van der Waals surface area contributed by atoms with E-state index in [1.807, 2.05) is 12.1 Å². The summed E-state index contributed by atoms with van der Waals surface area (Å²) in [6.45, 7) is 6.30. The van der Waals surface area contributed by atoms with Gasteiger partial charge in [-0.25, -0.2) is 0 Å². The number of rotatable bonds is 7. The monoisotopic (exact) mass is 423 g/mol. The molecule has 0 spiro atoms. The minimum Gasteiger partial charge on any atom is -0.467 e. The van der Waals surface area contributed by atoms with E-state index in [4.69, 9.17) is 9.15 Å². The van der Waals surface area contributed by atoms with Crippen molar-refractivity contribution < 1.29 is 14.3 Å². The molecule has 0 radical (unpaired) electrons. The first kappa shape index (κ1) is 19.2. The standard InChI is InChI=1S/C15H25N3O3.HI/c1-2-16-15(18-8-6-13(19)11-18)17-7-4-9-20-12-14-5-3-10-21-14;/h3,5,10,13,19H,2,4,6-9,11-12H2,1H3,(H,16,17);1H/t13-;/m1./s1. The lowest BCUT2D eigenvalue weighted by Crippen LogP contribution is -2.40. The Morgan fingerprint density at radius 2 is 2.45 bits per heavy atom. The largest absolute Gasteiger partial charge is 0.467 e. The van der Waals surface area contributed by atoms with Gasteiger partial charge in [-0.05, 0) is 31.9 Å². The van der Waals surface area contributed by atoms with E-state index in [9.17, 15) is 5.11 Å². The Balaban J connectivity index is 0.00000242. The molecule has 0 saturated carbocycles. The van der Waals surface area contributed by atoms with Crippen LogP contribution in [0.2, 0.25) is 0 Å². The van der Waals surface area contributed by atoms with Gasteiger partial charge < -0.3 is 24.5 Å². The number of aliphatic imine (C=N–C) groups is 1. The van der Waals surface area contributed by atoms with Crippen LogP contribution in [0.25, 0.3) is 0 Å². The van der Waals surface area contributed by atoms with Crippen LogP contribution in [0, 0.1) is 0 Å². The molecule has 2 heterocycles. The summed E-state index contributed by atoms with van der Waals surface area (Å²) in [6, 6.07) is 3.76. The predicted octanol–water partition coefficient (Wildman–Crippen LogP) is 1.84. The molecule has 126 valence electrons. The minimum atomic E-state index is -0.231. The molecular weight excluding hydrogens is 397 g/mol. The van der Waals surface area contributed by atoms with Crippen molar-refractivity contribution in [2.75, 3.05) is 32.8 Å². The molecule has 2 N–H and O–H groups in total. The number of hydrogen-bond donors (Lipinski definition) is 2. The summed E-state index contributed by atoms with van der Waals surface area (Å²) in [7, 11) is 0. The number of likely N-dealkylation sites (tertiary alicyclic amines) is 1. The minimum absolute atomic E-state index is 0. The van der Waals surface area contributed by atoms with Crippen molar-refractivity contribution in [2.24, 2.45) is 4.99 Å². The second kappa shape index (κ2) is 10.8. The van der Waals surface area contributed by atoms with Crippen LogP contribution in [-0.4, -0.2) is 54.9 Å². The van der Waals surface area contributed by atoms with E-state index in [1.165, 1.54) is 0 Å². The first-order valence-electron chi connectivity index (χ1n) is 7.61. The summed E-state index contributed by atoms with van der Waals surface area (Å²) in [6.07, 6.45) is 3.10. The summed E-state index contributed by atoms with van der Waals surface area (Å²) in [5.41, 5.74) is 0. The maximum Gasteiger partial charge on any atom is 0.194 e. The third-order valence-corrected chi connectivity index (χ3v) is 3.33. The number of ether oxygens (including phenoxy) is 1. The van der Waals surface area contributed by atoms with Crippen LogP contribution < -0.4 is 5.32 Å². The molecule has 0 aromatic carbocycles. The number of aliphatic hydroxyl groups excluding tert-OH is 1. The zero-order chi connectivity index (χ0) is 14.9. The molecule has 0 bridgehead atoms. The smallest absolute Gasteiger partial charge is 0.194 e. The number of aliphatic hydroxyl groups is 1. The fourth-order valence-corrected chi connectivity index (χ4v) is 2.28. The van der Waals surface area contributed by atoms with Gasteiger partial charge in [0.15, 0.2) is 5.96 Å². The van der Waals surface area contributed by atoms with Crippen molar-refractivity contribution in [3.05, 3.63) is 24.2 Å². The van der Waals surface area contributed by atoms with E-state index in [1.54, 1.807) is 6.26 Å². The molecular formula is C15H26IN3O3. The number of nitrogens with one attached hydrogen (secondary N) is 1. The number of nitrogens with zero attached hydrogens (tertiary/aromatic N) is 2. The summed E-state index contributed by atoms with van der Waals surface area (Å²) >= 11 is 0. The number of halogens is 1. The van der Waals surface area contributed by atoms with Gasteiger partial charge in [0.2, 0.25) is 0 Å². The predicted molar refractivity (Wildman–Crippen MR) is 96.6 cm³/mol. The van der Waals surface area contributed by atoms with Crippen LogP contribution in [-0.2, 0) is 11.3 Å². The van der Waals surface area contributed by atoms with Gasteiger partial charge in [-0.1, -0.05) is 0 Å². The molecule has 1 fully saturated rings. The molecule has 0 unspecified atom stereocenters. The first-order chi connectivity index (χ1) is 10.3. The zero-order valence-electron chi connectivity index (χ0n) is 13.0. The number of β-amino-alcohol motifs (C(OH)–C–C–N with tert-alkyl or cyclic N) is 1. The molecule has 0 aliphatic carbocycles. The summed E-state index contributed by atoms with van der Waals surface area (Å²) in [5.74, 6) is 1.73. The molecule has 0 amide bonds. The summed E-state index contributed by atoms with van der Waals surface area (Å²) in [5, 5.41) is 12.9. The van der Waals surface area contributed by atoms with Gasteiger partial charge in [0.1, 0.15) is 12.4 Å². The quantitative estimate of drug-likeness (QED) is 0.303. The van der Waals surface area contributed by atoms with Crippen LogP contribution >= 0.6 is 24.0 Å². The van der Waals surface area contributed by atoms with Crippen molar-refractivity contribution in [3.63, 3.8) is 0 Å². The van der Waals surface area contributed by atoms with Gasteiger partial charge in [0, 0.05) is 32.8 Å². The van der Waals surface area contributed by atoms with Crippen LogP contribution in [0.5, 0.6) is 0 Å². The Labute approximate surface area is 148 Å². The van der Waals surface area contributed by atoms with E-state index < -0.39 is 0 Å². The molecule has 7 heteroatoms. The molecule has 1 saturated heterocycles. The van der Waals surface area contributed by atoms with E-state index in [2.05, 4.69) is 22.1 Å². The van der Waals surface area contributed by atoms with Crippen LogP contribution in [0.15, 0.2) is 27.8 Å². The lowest BCUT2D eigenvalue weighted by Gasteiger charge is -2.20. The van der Waals surface area contributed by atoms with Crippen LogP contribution in [0.4, 0.5) is 0 Å². The van der Waals surface area contributed by atoms with Crippen LogP contribution in [0.1, 0.15) is 25.5 Å². The molecule has 1 aliphatic rings. The highest BCUT2D eigenvalue weighted by molar-refractivity contribution is 14.0. The molecule has 1 aromatic rings. The molecule has 2 rings (SSSR count). The highest BCUT2D eigenvalue weighted by Crippen LogP contribution is 2.09. The third kappa shape index (κ3) is 6.53. The number of hydrogen-bond acceptors (Lipinski definition) is 4. The molecule has 1 atom stereocenters. The van der Waals surface area contributed by atoms with Gasteiger partial charge in [0.05, 0.1) is 12.4 Å². The second-order valence-electron chi connectivity index (χ2n) is 5.11. The Kier molecular flexibility index (Phi) is 9.49. The summed E-state index contributed by atoms with van der Waals surface area (Å²) < 4.78 is 10.7. The average molecular weight is 423 g/mol. The second-order valence-corrected chi connectivity index (χ2v) is 5.11. The van der Waals surface area contributed by atoms with Gasteiger partial charge >= 0.3 is 0 Å². The van der Waals surface area contributed by atoms with Crippen molar-refractivity contribution in [2.45, 2.75) is 32.5 Å². The summed E-state index contributed by atoms with van der Waals surface area (Å²) in [4.78, 5) is 6.69. The fourth-order valence-electron chi connectivity index (χ4n) is 2.28. The number of furan rings is 1. The molecule has 1 aromatic heterocycles. The highest BCUT2D eigenvalue weighted by atomic mass is 127. The topological polar surface area (TPSA) is 70.2 Å². The molecule has 1 aliphatic heterocycles. The first-order valence-corrected chi connectivity index (χ1v) is 7.61. The molecule has 22 heavy (non-hydrogen) atoms.